The van der Waals surface area contributed by atoms with Crippen LogP contribution in [0.1, 0.15) is 23.6 Å². The summed E-state index contributed by atoms with van der Waals surface area (Å²) >= 11 is 11.6. The predicted octanol–water partition coefficient (Wildman–Crippen LogP) is 5.04. The molecule has 0 aromatic heterocycles. The van der Waals surface area contributed by atoms with Gasteiger partial charge < -0.3 is 10.2 Å². The first kappa shape index (κ1) is 16.8. The molecule has 2 aromatic rings. The molecule has 116 valence electrons. The minimum Gasteiger partial charge on any atom is -0.348 e. The third kappa shape index (κ3) is 4.21. The maximum atomic E-state index is 6.14. The van der Waals surface area contributed by atoms with Gasteiger partial charge in [0.15, 0.2) is 5.11 Å². The Hall–Kier alpha value is -1.58. The van der Waals surface area contributed by atoms with Crippen LogP contribution in [0.5, 0.6) is 0 Å². The molecule has 0 fully saturated rings. The van der Waals surface area contributed by atoms with Gasteiger partial charge in [0.2, 0.25) is 0 Å². The molecule has 0 saturated heterocycles. The number of rotatable bonds is 4. The molecule has 0 unspecified atom stereocenters. The molecule has 2 aromatic carbocycles. The first-order valence-electron chi connectivity index (χ1n) is 7.36. The molecule has 0 aliphatic rings. The summed E-state index contributed by atoms with van der Waals surface area (Å²) < 4.78 is 0. The van der Waals surface area contributed by atoms with E-state index in [2.05, 4.69) is 36.5 Å². The standard InChI is InChI=1S/C18H21ClN2S/c1-4-14-8-10-15(11-9-14)12-21(3)18(22)20-17-7-5-6-16(19)13(17)2/h5-11H,4,12H2,1-3H3,(H,20,22). The van der Waals surface area contributed by atoms with Crippen LogP contribution in [0.4, 0.5) is 5.69 Å². The molecule has 2 nitrogen and oxygen atoms in total. The van der Waals surface area contributed by atoms with Gasteiger partial charge in [0, 0.05) is 24.3 Å². The van der Waals surface area contributed by atoms with Crippen molar-refractivity contribution in [1.29, 1.82) is 0 Å². The fraction of sp³-hybridized carbons (Fsp3) is 0.278. The molecule has 0 atom stereocenters. The number of thiocarbonyl (C=S) groups is 1. The number of nitrogens with one attached hydrogen (secondary N) is 1. The van der Waals surface area contributed by atoms with Gasteiger partial charge >= 0.3 is 0 Å². The molecule has 0 aliphatic heterocycles. The molecule has 0 heterocycles. The zero-order chi connectivity index (χ0) is 16.1. The zero-order valence-electron chi connectivity index (χ0n) is 13.2. The number of benzene rings is 2. The maximum Gasteiger partial charge on any atom is 0.173 e. The van der Waals surface area contributed by atoms with E-state index in [-0.39, 0.29) is 0 Å². The van der Waals surface area contributed by atoms with Crippen LogP contribution < -0.4 is 5.32 Å². The number of hydrogen-bond donors (Lipinski definition) is 1. The highest BCUT2D eigenvalue weighted by Gasteiger charge is 2.08. The Morgan fingerprint density at radius 2 is 1.77 bits per heavy atom. The van der Waals surface area contributed by atoms with Crippen molar-refractivity contribution < 1.29 is 0 Å². The normalized spacial score (nSPS) is 10.4. The summed E-state index contributed by atoms with van der Waals surface area (Å²) in [6, 6.07) is 14.4. The molecule has 0 aliphatic carbocycles. The predicted molar refractivity (Wildman–Crippen MR) is 99.7 cm³/mol. The van der Waals surface area contributed by atoms with Gasteiger partial charge in [-0.15, -0.1) is 0 Å². The lowest BCUT2D eigenvalue weighted by molar-refractivity contribution is 0.508. The van der Waals surface area contributed by atoms with E-state index < -0.39 is 0 Å². The van der Waals surface area contributed by atoms with Crippen LogP contribution in [0.2, 0.25) is 5.02 Å². The Morgan fingerprint density at radius 3 is 2.41 bits per heavy atom. The topological polar surface area (TPSA) is 15.3 Å². The molecule has 4 heteroatoms. The SMILES string of the molecule is CCc1ccc(CN(C)C(=S)Nc2cccc(Cl)c2C)cc1. The molecule has 1 N–H and O–H groups in total. The molecular formula is C18H21ClN2S. The highest BCUT2D eigenvalue weighted by Crippen LogP contribution is 2.23. The van der Waals surface area contributed by atoms with E-state index in [0.29, 0.717) is 5.11 Å². The third-order valence-corrected chi connectivity index (χ3v) is 4.53. The van der Waals surface area contributed by atoms with Crippen molar-refractivity contribution in [2.75, 3.05) is 12.4 Å². The number of hydrogen-bond acceptors (Lipinski definition) is 1. The summed E-state index contributed by atoms with van der Waals surface area (Å²) in [6.07, 6.45) is 1.06. The third-order valence-electron chi connectivity index (χ3n) is 3.71. The van der Waals surface area contributed by atoms with E-state index in [1.54, 1.807) is 0 Å². The minimum atomic E-state index is 0.685. The average Bonchev–Trinajstić information content (AvgIpc) is 2.52. The second-order valence-corrected chi connectivity index (χ2v) is 6.16. The van der Waals surface area contributed by atoms with Gasteiger partial charge in [0.05, 0.1) is 0 Å². The van der Waals surface area contributed by atoms with Crippen molar-refractivity contribution >= 4 is 34.6 Å². The van der Waals surface area contributed by atoms with E-state index in [4.69, 9.17) is 23.8 Å². The number of halogens is 1. The summed E-state index contributed by atoms with van der Waals surface area (Å²) in [4.78, 5) is 2.02. The number of nitrogens with zero attached hydrogens (tertiary/aromatic N) is 1. The van der Waals surface area contributed by atoms with E-state index in [1.807, 2.05) is 37.1 Å². The van der Waals surface area contributed by atoms with Crippen LogP contribution in [0.15, 0.2) is 42.5 Å². The first-order chi connectivity index (χ1) is 10.5. The van der Waals surface area contributed by atoms with Gasteiger partial charge in [-0.05, 0) is 54.4 Å². The van der Waals surface area contributed by atoms with Gasteiger partial charge in [-0.3, -0.25) is 0 Å². The van der Waals surface area contributed by atoms with E-state index in [0.717, 1.165) is 29.2 Å². The summed E-state index contributed by atoms with van der Waals surface area (Å²) in [6.45, 7) is 4.92. The Bertz CT molecular complexity index is 653. The molecule has 22 heavy (non-hydrogen) atoms. The quantitative estimate of drug-likeness (QED) is 0.790. The average molecular weight is 333 g/mol. The van der Waals surface area contributed by atoms with E-state index >= 15 is 0 Å². The number of aryl methyl sites for hydroxylation is 1. The van der Waals surface area contributed by atoms with Crippen LogP contribution in [0, 0.1) is 6.92 Å². The molecule has 0 saturated carbocycles. The monoisotopic (exact) mass is 332 g/mol. The Labute approximate surface area is 143 Å². The largest absolute Gasteiger partial charge is 0.348 e. The second kappa shape index (κ2) is 7.61. The van der Waals surface area contributed by atoms with Crippen molar-refractivity contribution in [3.63, 3.8) is 0 Å². The fourth-order valence-corrected chi connectivity index (χ4v) is 2.53. The van der Waals surface area contributed by atoms with Crippen LogP contribution in [0.3, 0.4) is 0 Å². The fourth-order valence-electron chi connectivity index (χ4n) is 2.18. The van der Waals surface area contributed by atoms with Crippen LogP contribution in [0.25, 0.3) is 0 Å². The van der Waals surface area contributed by atoms with Crippen molar-refractivity contribution in [3.05, 3.63) is 64.2 Å². The summed E-state index contributed by atoms with van der Waals surface area (Å²) in [7, 11) is 1.99. The van der Waals surface area contributed by atoms with Gasteiger partial charge in [0.1, 0.15) is 0 Å². The lowest BCUT2D eigenvalue weighted by Crippen LogP contribution is -2.30. The Morgan fingerprint density at radius 1 is 1.14 bits per heavy atom. The van der Waals surface area contributed by atoms with E-state index in [9.17, 15) is 0 Å². The molecule has 0 radical (unpaired) electrons. The van der Waals surface area contributed by atoms with Gasteiger partial charge in [-0.1, -0.05) is 48.9 Å². The van der Waals surface area contributed by atoms with Crippen LogP contribution in [-0.2, 0) is 13.0 Å². The molecule has 0 amide bonds. The first-order valence-corrected chi connectivity index (χ1v) is 8.15. The van der Waals surface area contributed by atoms with Crippen molar-refractivity contribution in [2.24, 2.45) is 0 Å². The Kier molecular flexibility index (Phi) is 5.81. The molecule has 0 spiro atoms. The molecule has 0 bridgehead atoms. The smallest absolute Gasteiger partial charge is 0.173 e. The summed E-state index contributed by atoms with van der Waals surface area (Å²) in [5.74, 6) is 0. The summed E-state index contributed by atoms with van der Waals surface area (Å²) in [5, 5.41) is 4.69. The van der Waals surface area contributed by atoms with Crippen LogP contribution >= 0.6 is 23.8 Å². The van der Waals surface area contributed by atoms with Gasteiger partial charge in [-0.25, -0.2) is 0 Å². The zero-order valence-corrected chi connectivity index (χ0v) is 14.8. The van der Waals surface area contributed by atoms with E-state index in [1.165, 1.54) is 11.1 Å². The van der Waals surface area contributed by atoms with Crippen molar-refractivity contribution in [3.8, 4) is 0 Å². The second-order valence-electron chi connectivity index (χ2n) is 5.37. The molecule has 2 rings (SSSR count). The Balaban J connectivity index is 2.01. The summed E-state index contributed by atoms with van der Waals surface area (Å²) in [5.41, 5.74) is 4.55. The van der Waals surface area contributed by atoms with Gasteiger partial charge in [-0.2, -0.15) is 0 Å². The highest BCUT2D eigenvalue weighted by atomic mass is 35.5. The van der Waals surface area contributed by atoms with Crippen molar-refractivity contribution in [1.82, 2.24) is 4.90 Å². The lowest BCUT2D eigenvalue weighted by atomic mass is 10.1. The highest BCUT2D eigenvalue weighted by molar-refractivity contribution is 7.80. The van der Waals surface area contributed by atoms with Crippen molar-refractivity contribution in [2.45, 2.75) is 26.8 Å². The minimum absolute atomic E-state index is 0.685. The number of anilines is 1. The lowest BCUT2D eigenvalue weighted by Gasteiger charge is -2.22. The van der Waals surface area contributed by atoms with Gasteiger partial charge in [0.25, 0.3) is 0 Å². The molecular weight excluding hydrogens is 312 g/mol. The van der Waals surface area contributed by atoms with Crippen LogP contribution in [-0.4, -0.2) is 17.1 Å². The maximum absolute atomic E-state index is 6.14.